The third kappa shape index (κ3) is 4.71. The second-order valence-electron chi connectivity index (χ2n) is 6.44. The molecule has 3 rings (SSSR count). The van der Waals surface area contributed by atoms with E-state index in [2.05, 4.69) is 10.0 Å². The Balaban J connectivity index is 1.87. The van der Waals surface area contributed by atoms with Gasteiger partial charge in [-0.15, -0.1) is 0 Å². The largest absolute Gasteiger partial charge is 0.322 e. The fourth-order valence-electron chi connectivity index (χ4n) is 2.60. The van der Waals surface area contributed by atoms with E-state index in [9.17, 15) is 13.2 Å². The van der Waals surface area contributed by atoms with Crippen LogP contribution in [0.5, 0.6) is 0 Å². The molecule has 0 saturated heterocycles. The maximum atomic E-state index is 12.7. The highest BCUT2D eigenvalue weighted by molar-refractivity contribution is 7.92. The normalized spacial score (nSPS) is 11.1. The maximum Gasteiger partial charge on any atom is 0.261 e. The Morgan fingerprint density at radius 2 is 1.57 bits per heavy atom. The molecule has 0 saturated carbocycles. The molecule has 1 amide bonds. The molecule has 7 heteroatoms. The molecular formula is C21H19ClN2O3S. The molecule has 0 aliphatic heterocycles. The molecule has 2 N–H and O–H groups in total. The predicted molar refractivity (Wildman–Crippen MR) is 113 cm³/mol. The van der Waals surface area contributed by atoms with E-state index in [1.54, 1.807) is 30.3 Å². The summed E-state index contributed by atoms with van der Waals surface area (Å²) in [4.78, 5) is 12.5. The average Bonchev–Trinajstić information content (AvgIpc) is 2.63. The number of amides is 1. The van der Waals surface area contributed by atoms with Crippen LogP contribution in [-0.4, -0.2) is 14.3 Å². The lowest BCUT2D eigenvalue weighted by Crippen LogP contribution is -2.16. The molecule has 3 aromatic rings. The summed E-state index contributed by atoms with van der Waals surface area (Å²) in [5.74, 6) is -0.485. The number of anilines is 2. The van der Waals surface area contributed by atoms with Crippen molar-refractivity contribution in [2.24, 2.45) is 0 Å². The van der Waals surface area contributed by atoms with Crippen molar-refractivity contribution in [2.75, 3.05) is 10.0 Å². The van der Waals surface area contributed by atoms with Crippen molar-refractivity contribution >= 4 is 38.9 Å². The van der Waals surface area contributed by atoms with Gasteiger partial charge in [-0.2, -0.15) is 0 Å². The summed E-state index contributed by atoms with van der Waals surface area (Å²) in [6.45, 7) is 3.81. The highest BCUT2D eigenvalue weighted by Gasteiger charge is 2.19. The molecule has 0 bridgehead atoms. The van der Waals surface area contributed by atoms with Crippen LogP contribution in [0.15, 0.2) is 71.6 Å². The number of carbonyl (C=O) groups excluding carboxylic acids is 1. The number of benzene rings is 3. The van der Waals surface area contributed by atoms with Crippen LogP contribution in [-0.2, 0) is 10.0 Å². The van der Waals surface area contributed by atoms with Gasteiger partial charge in [0.2, 0.25) is 0 Å². The number of carbonyl (C=O) groups is 1. The quantitative estimate of drug-likeness (QED) is 0.616. The number of nitrogens with one attached hydrogen (secondary N) is 2. The Hall–Kier alpha value is -2.83. The van der Waals surface area contributed by atoms with Crippen molar-refractivity contribution in [1.29, 1.82) is 0 Å². The van der Waals surface area contributed by atoms with Gasteiger partial charge < -0.3 is 5.32 Å². The van der Waals surface area contributed by atoms with Crippen LogP contribution in [0, 0.1) is 13.8 Å². The SMILES string of the molecule is Cc1ccc(NC(=O)c2cc(S(=O)(=O)Nc3cccc(C)c3)ccc2Cl)cc1. The molecule has 5 nitrogen and oxygen atoms in total. The first-order valence-corrected chi connectivity index (χ1v) is 10.4. The highest BCUT2D eigenvalue weighted by Crippen LogP contribution is 2.24. The van der Waals surface area contributed by atoms with Gasteiger partial charge in [0.25, 0.3) is 15.9 Å². The van der Waals surface area contributed by atoms with Gasteiger partial charge in [-0.05, 0) is 61.9 Å². The monoisotopic (exact) mass is 414 g/mol. The van der Waals surface area contributed by atoms with Crippen LogP contribution >= 0.6 is 11.6 Å². The number of rotatable bonds is 5. The smallest absolute Gasteiger partial charge is 0.261 e. The molecule has 0 aromatic heterocycles. The number of hydrogen-bond donors (Lipinski definition) is 2. The van der Waals surface area contributed by atoms with Crippen molar-refractivity contribution in [3.63, 3.8) is 0 Å². The van der Waals surface area contributed by atoms with Crippen molar-refractivity contribution in [2.45, 2.75) is 18.7 Å². The standard InChI is InChI=1S/C21H19ClN2O3S/c1-14-6-8-16(9-7-14)23-21(25)19-13-18(10-11-20(19)22)28(26,27)24-17-5-3-4-15(2)12-17/h3-13,24H,1-2H3,(H,23,25). The van der Waals surface area contributed by atoms with Crippen LogP contribution < -0.4 is 10.0 Å². The van der Waals surface area contributed by atoms with Crippen LogP contribution in [0.1, 0.15) is 21.5 Å². The Morgan fingerprint density at radius 3 is 2.25 bits per heavy atom. The van der Waals surface area contributed by atoms with E-state index < -0.39 is 15.9 Å². The topological polar surface area (TPSA) is 75.3 Å². The zero-order valence-electron chi connectivity index (χ0n) is 15.4. The molecule has 3 aromatic carbocycles. The minimum absolute atomic E-state index is 0.0486. The first-order valence-electron chi connectivity index (χ1n) is 8.52. The first kappa shape index (κ1) is 19.9. The second kappa shape index (κ2) is 8.04. The van der Waals surface area contributed by atoms with Crippen LogP contribution in [0.3, 0.4) is 0 Å². The van der Waals surface area contributed by atoms with Gasteiger partial charge in [-0.25, -0.2) is 8.42 Å². The molecule has 0 atom stereocenters. The van der Waals surface area contributed by atoms with E-state index in [4.69, 9.17) is 11.6 Å². The third-order valence-electron chi connectivity index (χ3n) is 4.07. The summed E-state index contributed by atoms with van der Waals surface area (Å²) in [5.41, 5.74) is 3.11. The fourth-order valence-corrected chi connectivity index (χ4v) is 3.88. The van der Waals surface area contributed by atoms with Gasteiger partial charge in [-0.3, -0.25) is 9.52 Å². The molecular weight excluding hydrogens is 396 g/mol. The second-order valence-corrected chi connectivity index (χ2v) is 8.53. The van der Waals surface area contributed by atoms with Crippen molar-refractivity contribution in [3.8, 4) is 0 Å². The van der Waals surface area contributed by atoms with Gasteiger partial charge in [-0.1, -0.05) is 41.4 Å². The van der Waals surface area contributed by atoms with E-state index in [0.717, 1.165) is 11.1 Å². The lowest BCUT2D eigenvalue weighted by molar-refractivity contribution is 0.102. The zero-order chi connectivity index (χ0) is 20.3. The zero-order valence-corrected chi connectivity index (χ0v) is 16.9. The molecule has 28 heavy (non-hydrogen) atoms. The van der Waals surface area contributed by atoms with E-state index in [1.807, 2.05) is 32.0 Å². The minimum atomic E-state index is -3.87. The first-order chi connectivity index (χ1) is 13.2. The highest BCUT2D eigenvalue weighted by atomic mass is 35.5. The molecule has 0 spiro atoms. The molecule has 0 aliphatic rings. The molecule has 0 heterocycles. The van der Waals surface area contributed by atoms with Gasteiger partial charge >= 0.3 is 0 Å². The average molecular weight is 415 g/mol. The summed E-state index contributed by atoms with van der Waals surface area (Å²) >= 11 is 6.14. The van der Waals surface area contributed by atoms with Gasteiger partial charge in [0.05, 0.1) is 15.5 Å². The number of aryl methyl sites for hydroxylation is 2. The summed E-state index contributed by atoms with van der Waals surface area (Å²) in [5, 5.41) is 2.89. The van der Waals surface area contributed by atoms with Gasteiger partial charge in [0, 0.05) is 11.4 Å². The summed E-state index contributed by atoms with van der Waals surface area (Å²) in [6.07, 6.45) is 0. The predicted octanol–water partition coefficient (Wildman–Crippen LogP) is 5.01. The van der Waals surface area contributed by atoms with E-state index >= 15 is 0 Å². The Kier molecular flexibility index (Phi) is 5.72. The number of halogens is 1. The lowest BCUT2D eigenvalue weighted by Gasteiger charge is -2.11. The molecule has 0 fully saturated rings. The Labute approximate surface area is 169 Å². The third-order valence-corrected chi connectivity index (χ3v) is 5.78. The lowest BCUT2D eigenvalue weighted by atomic mass is 10.2. The fraction of sp³-hybridized carbons (Fsp3) is 0.0952. The van der Waals surface area contributed by atoms with Gasteiger partial charge in [0.1, 0.15) is 0 Å². The van der Waals surface area contributed by atoms with Crippen LogP contribution in [0.25, 0.3) is 0 Å². The summed E-state index contributed by atoms with van der Waals surface area (Å²) < 4.78 is 27.9. The summed E-state index contributed by atoms with van der Waals surface area (Å²) in [6, 6.07) is 18.3. The molecule has 0 aliphatic carbocycles. The minimum Gasteiger partial charge on any atom is -0.322 e. The van der Waals surface area contributed by atoms with Crippen LogP contribution in [0.2, 0.25) is 5.02 Å². The molecule has 144 valence electrons. The van der Waals surface area contributed by atoms with Gasteiger partial charge in [0.15, 0.2) is 0 Å². The maximum absolute atomic E-state index is 12.7. The number of sulfonamides is 1. The molecule has 0 unspecified atom stereocenters. The van der Waals surface area contributed by atoms with E-state index in [-0.39, 0.29) is 15.5 Å². The van der Waals surface area contributed by atoms with Crippen molar-refractivity contribution in [1.82, 2.24) is 0 Å². The Bertz CT molecular complexity index is 1130. The van der Waals surface area contributed by atoms with E-state index in [0.29, 0.717) is 11.4 Å². The number of hydrogen-bond acceptors (Lipinski definition) is 3. The Morgan fingerprint density at radius 1 is 0.857 bits per heavy atom. The van der Waals surface area contributed by atoms with Crippen molar-refractivity contribution < 1.29 is 13.2 Å². The van der Waals surface area contributed by atoms with Crippen LogP contribution in [0.4, 0.5) is 11.4 Å². The van der Waals surface area contributed by atoms with Crippen molar-refractivity contribution in [3.05, 3.63) is 88.4 Å². The summed E-state index contributed by atoms with van der Waals surface area (Å²) in [7, 11) is -3.87. The molecule has 0 radical (unpaired) electrons. The van der Waals surface area contributed by atoms with E-state index in [1.165, 1.54) is 18.2 Å².